The van der Waals surface area contributed by atoms with Crippen LogP contribution in [-0.4, -0.2) is 24.2 Å². The number of aromatic nitrogens is 1. The van der Waals surface area contributed by atoms with E-state index in [1.165, 1.54) is 0 Å². The number of nitrogens with zero attached hydrogens (tertiary/aromatic N) is 2. The molecular formula is C11H13N3O. The minimum absolute atomic E-state index is 0.365. The van der Waals surface area contributed by atoms with Crippen LogP contribution in [0.2, 0.25) is 0 Å². The van der Waals surface area contributed by atoms with Gasteiger partial charge in [-0.1, -0.05) is 0 Å². The lowest BCUT2D eigenvalue weighted by molar-refractivity contribution is 0.0328. The van der Waals surface area contributed by atoms with Gasteiger partial charge in [-0.05, 0) is 25.0 Å². The van der Waals surface area contributed by atoms with Gasteiger partial charge in [-0.15, -0.1) is 0 Å². The predicted octanol–water partition coefficient (Wildman–Crippen LogP) is 1.54. The molecule has 1 aliphatic rings. The number of nitrogens with one attached hydrogen (secondary N) is 1. The van der Waals surface area contributed by atoms with Gasteiger partial charge < -0.3 is 10.1 Å². The number of anilines is 1. The van der Waals surface area contributed by atoms with Crippen LogP contribution in [0.3, 0.4) is 0 Å². The number of rotatable bonds is 3. The number of methoxy groups -OCH3 is 1. The Labute approximate surface area is 88.9 Å². The monoisotopic (exact) mass is 203 g/mol. The maximum atomic E-state index is 8.84. The lowest BCUT2D eigenvalue weighted by Crippen LogP contribution is -2.40. The van der Waals surface area contributed by atoms with Crippen molar-refractivity contribution in [1.29, 1.82) is 5.26 Å². The second-order valence-electron chi connectivity index (χ2n) is 3.68. The van der Waals surface area contributed by atoms with Crippen LogP contribution in [0.25, 0.3) is 0 Å². The zero-order valence-corrected chi connectivity index (χ0v) is 8.60. The number of pyridine rings is 1. The van der Waals surface area contributed by atoms with E-state index in [-0.39, 0.29) is 0 Å². The van der Waals surface area contributed by atoms with E-state index < -0.39 is 0 Å². The molecule has 0 unspecified atom stereocenters. The molecule has 15 heavy (non-hydrogen) atoms. The first-order valence-electron chi connectivity index (χ1n) is 4.98. The van der Waals surface area contributed by atoms with Crippen molar-refractivity contribution in [3.8, 4) is 6.07 Å². The highest BCUT2D eigenvalue weighted by Gasteiger charge is 2.29. The molecule has 1 heterocycles. The summed E-state index contributed by atoms with van der Waals surface area (Å²) in [6, 6.07) is 6.19. The van der Waals surface area contributed by atoms with Crippen LogP contribution in [0.15, 0.2) is 18.3 Å². The molecule has 1 aromatic heterocycles. The Bertz CT molecular complexity index is 380. The molecule has 0 atom stereocenters. The minimum atomic E-state index is 0.365. The van der Waals surface area contributed by atoms with Crippen molar-refractivity contribution < 1.29 is 4.74 Å². The van der Waals surface area contributed by atoms with Gasteiger partial charge >= 0.3 is 0 Å². The average molecular weight is 203 g/mol. The molecule has 1 fully saturated rings. The second kappa shape index (κ2) is 4.28. The van der Waals surface area contributed by atoms with Crippen LogP contribution in [0, 0.1) is 11.3 Å². The van der Waals surface area contributed by atoms with E-state index in [1.807, 2.05) is 12.1 Å². The largest absolute Gasteiger partial charge is 0.381 e. The number of nitriles is 1. The van der Waals surface area contributed by atoms with E-state index in [2.05, 4.69) is 16.4 Å². The number of ether oxygens (including phenoxy) is 1. The maximum Gasteiger partial charge on any atom is 0.163 e. The van der Waals surface area contributed by atoms with Crippen molar-refractivity contribution in [2.24, 2.45) is 0 Å². The molecule has 0 spiro atoms. The maximum absolute atomic E-state index is 8.84. The third kappa shape index (κ3) is 2.08. The van der Waals surface area contributed by atoms with E-state index in [0.29, 0.717) is 17.8 Å². The molecule has 0 bridgehead atoms. The highest BCUT2D eigenvalue weighted by molar-refractivity contribution is 5.54. The smallest absolute Gasteiger partial charge is 0.163 e. The summed E-state index contributed by atoms with van der Waals surface area (Å²) < 4.78 is 5.19. The predicted molar refractivity (Wildman–Crippen MR) is 56.4 cm³/mol. The van der Waals surface area contributed by atoms with Gasteiger partial charge in [-0.25, -0.2) is 4.98 Å². The highest BCUT2D eigenvalue weighted by Crippen LogP contribution is 2.26. The van der Waals surface area contributed by atoms with E-state index in [1.54, 1.807) is 13.3 Å². The quantitative estimate of drug-likeness (QED) is 0.809. The Morgan fingerprint density at radius 3 is 3.07 bits per heavy atom. The Kier molecular flexibility index (Phi) is 2.84. The van der Waals surface area contributed by atoms with Gasteiger partial charge in [0.2, 0.25) is 0 Å². The first-order chi connectivity index (χ1) is 7.33. The van der Waals surface area contributed by atoms with Crippen molar-refractivity contribution >= 4 is 5.69 Å². The summed E-state index contributed by atoms with van der Waals surface area (Å²) >= 11 is 0. The van der Waals surface area contributed by atoms with E-state index in [9.17, 15) is 0 Å². The van der Waals surface area contributed by atoms with Crippen molar-refractivity contribution in [3.05, 3.63) is 24.0 Å². The van der Waals surface area contributed by atoms with Gasteiger partial charge in [0, 0.05) is 19.3 Å². The zero-order valence-electron chi connectivity index (χ0n) is 8.60. The van der Waals surface area contributed by atoms with Crippen molar-refractivity contribution in [2.75, 3.05) is 12.4 Å². The van der Waals surface area contributed by atoms with Gasteiger partial charge in [-0.2, -0.15) is 5.26 Å². The fraction of sp³-hybridized carbons (Fsp3) is 0.455. The summed E-state index contributed by atoms with van der Waals surface area (Å²) in [5.41, 5.74) is 1.28. The molecule has 4 heteroatoms. The zero-order chi connectivity index (χ0) is 10.7. The third-order valence-corrected chi connectivity index (χ3v) is 2.70. The second-order valence-corrected chi connectivity index (χ2v) is 3.68. The van der Waals surface area contributed by atoms with E-state index >= 15 is 0 Å². The minimum Gasteiger partial charge on any atom is -0.381 e. The molecule has 0 saturated heterocycles. The van der Waals surface area contributed by atoms with Crippen LogP contribution in [0.1, 0.15) is 18.5 Å². The van der Waals surface area contributed by atoms with Crippen LogP contribution in [0.4, 0.5) is 5.69 Å². The summed E-state index contributed by atoms with van der Waals surface area (Å²) in [6.07, 6.45) is 3.99. The number of hydrogen-bond acceptors (Lipinski definition) is 4. The summed E-state index contributed by atoms with van der Waals surface area (Å²) in [6.45, 7) is 0. The summed E-state index contributed by atoms with van der Waals surface area (Å²) in [5, 5.41) is 12.1. The lowest BCUT2D eigenvalue weighted by atomic mass is 9.89. The van der Waals surface area contributed by atoms with Crippen LogP contribution < -0.4 is 5.32 Å². The summed E-state index contributed by atoms with van der Waals surface area (Å²) in [7, 11) is 1.73. The molecule has 0 radical (unpaired) electrons. The van der Waals surface area contributed by atoms with Crippen molar-refractivity contribution in [3.63, 3.8) is 0 Å². The highest BCUT2D eigenvalue weighted by atomic mass is 16.5. The fourth-order valence-corrected chi connectivity index (χ4v) is 1.71. The Balaban J connectivity index is 1.97. The van der Waals surface area contributed by atoms with Crippen LogP contribution in [-0.2, 0) is 4.74 Å². The molecule has 0 aliphatic heterocycles. The van der Waals surface area contributed by atoms with Crippen LogP contribution in [0.5, 0.6) is 0 Å². The third-order valence-electron chi connectivity index (χ3n) is 2.70. The van der Waals surface area contributed by atoms with Gasteiger partial charge in [-0.3, -0.25) is 0 Å². The molecule has 0 amide bonds. The molecule has 0 aromatic carbocycles. The van der Waals surface area contributed by atoms with Gasteiger partial charge in [0.05, 0.1) is 11.8 Å². The molecule has 1 N–H and O–H groups in total. The standard InChI is InChI=1S/C11H13N3O/c1-15-9-5-8(6-9)14-10-3-2-4-13-11(10)7-12/h2-4,8-9,14H,5-6H2,1H3. The van der Waals surface area contributed by atoms with Crippen molar-refractivity contribution in [2.45, 2.75) is 25.0 Å². The van der Waals surface area contributed by atoms with Gasteiger partial charge in [0.15, 0.2) is 5.69 Å². The average Bonchev–Trinajstić information content (AvgIpc) is 2.23. The topological polar surface area (TPSA) is 57.9 Å². The van der Waals surface area contributed by atoms with E-state index in [4.69, 9.17) is 10.00 Å². The molecule has 2 rings (SSSR count). The molecule has 1 aliphatic carbocycles. The lowest BCUT2D eigenvalue weighted by Gasteiger charge is -2.35. The van der Waals surface area contributed by atoms with Gasteiger partial charge in [0.25, 0.3) is 0 Å². The summed E-state index contributed by atoms with van der Waals surface area (Å²) in [5.74, 6) is 0. The number of hydrogen-bond donors (Lipinski definition) is 1. The normalized spacial score (nSPS) is 24.0. The molecule has 1 saturated carbocycles. The van der Waals surface area contributed by atoms with Crippen molar-refractivity contribution in [1.82, 2.24) is 4.98 Å². The molecular weight excluding hydrogens is 190 g/mol. The van der Waals surface area contributed by atoms with E-state index in [0.717, 1.165) is 18.5 Å². The summed E-state index contributed by atoms with van der Waals surface area (Å²) in [4.78, 5) is 3.99. The Hall–Kier alpha value is -1.60. The SMILES string of the molecule is COC1CC(Nc2cccnc2C#N)C1. The first kappa shape index (κ1) is 9.94. The first-order valence-corrected chi connectivity index (χ1v) is 4.98. The van der Waals surface area contributed by atoms with Crippen LogP contribution >= 0.6 is 0 Å². The Morgan fingerprint density at radius 2 is 2.40 bits per heavy atom. The fourth-order valence-electron chi connectivity index (χ4n) is 1.71. The molecule has 4 nitrogen and oxygen atoms in total. The van der Waals surface area contributed by atoms with Gasteiger partial charge in [0.1, 0.15) is 6.07 Å². The molecule has 1 aromatic rings. The Morgan fingerprint density at radius 1 is 1.60 bits per heavy atom. The molecule has 78 valence electrons.